The minimum Gasteiger partial charge on any atom is -0.330 e. The Bertz CT molecular complexity index is 590. The third-order valence-corrected chi connectivity index (χ3v) is 4.10. The van der Waals surface area contributed by atoms with Crippen molar-refractivity contribution in [3.05, 3.63) is 29.6 Å². The third-order valence-electron chi connectivity index (χ3n) is 2.61. The van der Waals surface area contributed by atoms with Gasteiger partial charge in [0.1, 0.15) is 5.82 Å². The van der Waals surface area contributed by atoms with Crippen molar-refractivity contribution in [2.75, 3.05) is 24.9 Å². The molecule has 1 aromatic carbocycles. The molecule has 0 aromatic heterocycles. The number of nitrogens with two attached hydrogens (primary N) is 1. The van der Waals surface area contributed by atoms with Gasteiger partial charge >= 0.3 is 16.4 Å². The van der Waals surface area contributed by atoms with Gasteiger partial charge in [0.25, 0.3) is 0 Å². The standard InChI is InChI=1S/C11H15F4N3O2S/c1-18(6-2-5-16)21(19,20)17-8-3-4-10(12)9(7-8)11(13,14)15/h3-4,7,17H,2,5-6,16H2,1H3. The molecule has 0 spiro atoms. The molecule has 0 heterocycles. The fraction of sp³-hybridized carbons (Fsp3) is 0.455. The van der Waals surface area contributed by atoms with Crippen LogP contribution in [0, 0.1) is 5.82 Å². The summed E-state index contributed by atoms with van der Waals surface area (Å²) in [5.74, 6) is -1.47. The second kappa shape index (κ2) is 6.58. The number of rotatable bonds is 6. The Hall–Kier alpha value is -1.39. The van der Waals surface area contributed by atoms with Crippen LogP contribution >= 0.6 is 0 Å². The smallest absolute Gasteiger partial charge is 0.330 e. The normalized spacial score (nSPS) is 12.7. The van der Waals surface area contributed by atoms with Crippen LogP contribution in [0.1, 0.15) is 12.0 Å². The Morgan fingerprint density at radius 2 is 1.95 bits per heavy atom. The summed E-state index contributed by atoms with van der Waals surface area (Å²) in [6, 6.07) is 1.88. The molecule has 0 fully saturated rings. The van der Waals surface area contributed by atoms with Gasteiger partial charge in [-0.25, -0.2) is 4.39 Å². The molecule has 5 nitrogen and oxygen atoms in total. The first-order chi connectivity index (χ1) is 9.58. The Labute approximate surface area is 119 Å². The molecule has 0 bridgehead atoms. The Morgan fingerprint density at radius 1 is 1.33 bits per heavy atom. The third kappa shape index (κ3) is 4.83. The van der Waals surface area contributed by atoms with E-state index in [2.05, 4.69) is 0 Å². The van der Waals surface area contributed by atoms with Crippen LogP contribution in [0.4, 0.5) is 23.2 Å². The maximum Gasteiger partial charge on any atom is 0.419 e. The van der Waals surface area contributed by atoms with Crippen LogP contribution in [-0.4, -0.2) is 32.9 Å². The van der Waals surface area contributed by atoms with Gasteiger partial charge < -0.3 is 5.73 Å². The van der Waals surface area contributed by atoms with Crippen molar-refractivity contribution in [2.45, 2.75) is 12.6 Å². The quantitative estimate of drug-likeness (QED) is 0.781. The van der Waals surface area contributed by atoms with Crippen LogP contribution in [-0.2, 0) is 16.4 Å². The number of halogens is 4. The van der Waals surface area contributed by atoms with Crippen molar-refractivity contribution in [2.24, 2.45) is 5.73 Å². The van der Waals surface area contributed by atoms with Crippen LogP contribution in [0.2, 0.25) is 0 Å². The van der Waals surface area contributed by atoms with E-state index in [-0.39, 0.29) is 18.8 Å². The van der Waals surface area contributed by atoms with E-state index in [0.29, 0.717) is 18.6 Å². The number of anilines is 1. The van der Waals surface area contributed by atoms with Crippen LogP contribution in [0.5, 0.6) is 0 Å². The molecule has 3 N–H and O–H groups in total. The van der Waals surface area contributed by atoms with Gasteiger partial charge in [-0.15, -0.1) is 0 Å². The Balaban J connectivity index is 2.98. The average molecular weight is 329 g/mol. The molecule has 0 saturated carbocycles. The van der Waals surface area contributed by atoms with Crippen molar-refractivity contribution in [1.29, 1.82) is 0 Å². The second-order valence-corrected chi connectivity index (χ2v) is 6.04. The predicted molar refractivity (Wildman–Crippen MR) is 70.2 cm³/mol. The molecule has 0 atom stereocenters. The fourth-order valence-electron chi connectivity index (χ4n) is 1.47. The van der Waals surface area contributed by atoms with Gasteiger partial charge in [0.15, 0.2) is 0 Å². The first-order valence-electron chi connectivity index (χ1n) is 5.89. The fourth-order valence-corrected chi connectivity index (χ4v) is 2.42. The maximum absolute atomic E-state index is 13.1. The monoisotopic (exact) mass is 329 g/mol. The Kier molecular flexibility index (Phi) is 5.54. The molecule has 0 unspecified atom stereocenters. The summed E-state index contributed by atoms with van der Waals surface area (Å²) in [5, 5.41) is 0. The van der Waals surface area contributed by atoms with Crippen molar-refractivity contribution in [1.82, 2.24) is 4.31 Å². The number of nitrogens with one attached hydrogen (secondary N) is 1. The molecular formula is C11H15F4N3O2S. The minimum atomic E-state index is -4.91. The highest BCUT2D eigenvalue weighted by Gasteiger charge is 2.34. The van der Waals surface area contributed by atoms with E-state index in [1.165, 1.54) is 7.05 Å². The number of alkyl halides is 3. The molecule has 0 radical (unpaired) electrons. The van der Waals surface area contributed by atoms with Gasteiger partial charge in [-0.1, -0.05) is 0 Å². The molecule has 120 valence electrons. The summed E-state index contributed by atoms with van der Waals surface area (Å²) >= 11 is 0. The predicted octanol–water partition coefficient (Wildman–Crippen LogP) is 1.78. The molecule has 0 amide bonds. The number of hydrogen-bond acceptors (Lipinski definition) is 3. The highest BCUT2D eigenvalue weighted by Crippen LogP contribution is 2.33. The number of hydrogen-bond donors (Lipinski definition) is 2. The van der Waals surface area contributed by atoms with Gasteiger partial charge in [-0.05, 0) is 31.2 Å². The van der Waals surface area contributed by atoms with Crippen LogP contribution in [0.25, 0.3) is 0 Å². The SMILES string of the molecule is CN(CCCN)S(=O)(=O)Nc1ccc(F)c(C(F)(F)F)c1. The minimum absolute atomic E-state index is 0.110. The topological polar surface area (TPSA) is 75.4 Å². The summed E-state index contributed by atoms with van der Waals surface area (Å²) in [6.07, 6.45) is -4.51. The lowest BCUT2D eigenvalue weighted by atomic mass is 10.2. The summed E-state index contributed by atoms with van der Waals surface area (Å²) in [5.41, 5.74) is 3.34. The van der Waals surface area contributed by atoms with Crippen molar-refractivity contribution >= 4 is 15.9 Å². The van der Waals surface area contributed by atoms with Gasteiger partial charge in [-0.2, -0.15) is 25.9 Å². The van der Waals surface area contributed by atoms with Crippen molar-refractivity contribution in [3.63, 3.8) is 0 Å². The molecule has 0 aliphatic carbocycles. The number of nitrogens with zero attached hydrogens (tertiary/aromatic N) is 1. The molecule has 0 aliphatic heterocycles. The van der Waals surface area contributed by atoms with Gasteiger partial charge in [0.2, 0.25) is 0 Å². The van der Waals surface area contributed by atoms with E-state index in [1.807, 2.05) is 4.72 Å². The first kappa shape index (κ1) is 17.7. The largest absolute Gasteiger partial charge is 0.419 e. The lowest BCUT2D eigenvalue weighted by molar-refractivity contribution is -0.139. The van der Waals surface area contributed by atoms with Gasteiger partial charge in [0.05, 0.1) is 11.3 Å². The molecule has 1 rings (SSSR count). The first-order valence-corrected chi connectivity index (χ1v) is 7.33. The zero-order valence-electron chi connectivity index (χ0n) is 11.1. The van der Waals surface area contributed by atoms with Crippen LogP contribution < -0.4 is 10.5 Å². The summed E-state index contributed by atoms with van der Waals surface area (Å²) in [7, 11) is -2.77. The van der Waals surface area contributed by atoms with Crippen molar-refractivity contribution in [3.8, 4) is 0 Å². The van der Waals surface area contributed by atoms with E-state index in [0.717, 1.165) is 10.4 Å². The Morgan fingerprint density at radius 3 is 2.48 bits per heavy atom. The summed E-state index contributed by atoms with van der Waals surface area (Å²) < 4.78 is 77.3. The van der Waals surface area contributed by atoms with Crippen LogP contribution in [0.15, 0.2) is 18.2 Å². The molecular weight excluding hydrogens is 314 g/mol. The molecule has 1 aromatic rings. The van der Waals surface area contributed by atoms with E-state index in [1.54, 1.807) is 0 Å². The average Bonchev–Trinajstić information content (AvgIpc) is 2.36. The summed E-state index contributed by atoms with van der Waals surface area (Å²) in [4.78, 5) is 0. The van der Waals surface area contributed by atoms with E-state index >= 15 is 0 Å². The lowest BCUT2D eigenvalue weighted by Gasteiger charge is -2.18. The second-order valence-electron chi connectivity index (χ2n) is 4.26. The zero-order chi connectivity index (χ0) is 16.3. The van der Waals surface area contributed by atoms with Crippen LogP contribution in [0.3, 0.4) is 0 Å². The maximum atomic E-state index is 13.1. The van der Waals surface area contributed by atoms with Crippen molar-refractivity contribution < 1.29 is 26.0 Å². The van der Waals surface area contributed by atoms with E-state index < -0.39 is 27.8 Å². The molecule has 21 heavy (non-hydrogen) atoms. The van der Waals surface area contributed by atoms with Gasteiger partial charge in [-0.3, -0.25) is 4.72 Å². The molecule has 0 aliphatic rings. The molecule has 0 saturated heterocycles. The lowest BCUT2D eigenvalue weighted by Crippen LogP contribution is -2.34. The van der Waals surface area contributed by atoms with Gasteiger partial charge in [0, 0.05) is 13.6 Å². The number of benzene rings is 1. The zero-order valence-corrected chi connectivity index (χ0v) is 11.9. The molecule has 10 heteroatoms. The summed E-state index contributed by atoms with van der Waals surface area (Å²) in [6.45, 7) is 0.383. The van der Waals surface area contributed by atoms with E-state index in [4.69, 9.17) is 5.73 Å². The van der Waals surface area contributed by atoms with E-state index in [9.17, 15) is 26.0 Å². The highest BCUT2D eigenvalue weighted by atomic mass is 32.2. The highest BCUT2D eigenvalue weighted by molar-refractivity contribution is 7.90.